The number of rotatable bonds is 2. The third-order valence-electron chi connectivity index (χ3n) is 3.46. The minimum atomic E-state index is -0.996. The number of carboxylic acid groups (broad SMARTS) is 1. The first kappa shape index (κ1) is 11.7. The van der Waals surface area contributed by atoms with E-state index in [0.29, 0.717) is 0 Å². The number of esters is 1. The van der Waals surface area contributed by atoms with Crippen LogP contribution < -0.4 is 0 Å². The molecule has 96 valence electrons. The molecule has 19 heavy (non-hydrogen) atoms. The number of hydrogen-bond donors (Lipinski definition) is 1. The molecule has 1 saturated heterocycles. The molecule has 2 aromatic carbocycles. The van der Waals surface area contributed by atoms with Crippen molar-refractivity contribution in [1.82, 2.24) is 0 Å². The van der Waals surface area contributed by atoms with Crippen molar-refractivity contribution in [3.63, 3.8) is 0 Å². The predicted molar refractivity (Wildman–Crippen MR) is 68.5 cm³/mol. The molecule has 3 rings (SSSR count). The lowest BCUT2D eigenvalue weighted by atomic mass is 9.92. The van der Waals surface area contributed by atoms with E-state index in [2.05, 4.69) is 0 Å². The van der Waals surface area contributed by atoms with Gasteiger partial charge in [0, 0.05) is 5.56 Å². The maximum atomic E-state index is 11.4. The lowest BCUT2D eigenvalue weighted by Crippen LogP contribution is -2.17. The van der Waals surface area contributed by atoms with Gasteiger partial charge in [-0.15, -0.1) is 0 Å². The molecule has 0 bridgehead atoms. The minimum Gasteiger partial charge on any atom is -0.481 e. The summed E-state index contributed by atoms with van der Waals surface area (Å²) < 4.78 is 5.21. The number of carbonyl (C=O) groups is 2. The Kier molecular flexibility index (Phi) is 2.71. The normalized spacial score (nSPS) is 22.4. The van der Waals surface area contributed by atoms with Crippen molar-refractivity contribution < 1.29 is 19.4 Å². The fourth-order valence-electron chi connectivity index (χ4n) is 2.55. The van der Waals surface area contributed by atoms with Crippen molar-refractivity contribution in [3.05, 3.63) is 48.0 Å². The Morgan fingerprint density at radius 2 is 1.89 bits per heavy atom. The highest BCUT2D eigenvalue weighted by Crippen LogP contribution is 2.38. The van der Waals surface area contributed by atoms with E-state index in [0.717, 1.165) is 16.3 Å². The maximum Gasteiger partial charge on any atom is 0.311 e. The molecule has 2 aromatic rings. The summed E-state index contributed by atoms with van der Waals surface area (Å²) in [4.78, 5) is 22.6. The number of benzene rings is 2. The molecule has 0 aromatic heterocycles. The Balaban J connectivity index is 2.13. The van der Waals surface area contributed by atoms with Crippen molar-refractivity contribution in [2.24, 2.45) is 5.92 Å². The summed E-state index contributed by atoms with van der Waals surface area (Å²) >= 11 is 0. The zero-order valence-corrected chi connectivity index (χ0v) is 10.1. The molecule has 4 heteroatoms. The number of ether oxygens (including phenoxy) is 1. The smallest absolute Gasteiger partial charge is 0.311 e. The molecule has 2 atom stereocenters. The van der Waals surface area contributed by atoms with E-state index in [1.165, 1.54) is 0 Å². The standard InChI is InChI=1S/C15H12O4/c16-13-8-12(15(17)18)14(19-13)11-7-3-5-9-4-1-2-6-10(9)11/h1-7,12,14H,8H2,(H,17,18)/t12-,14+/m0/s1. The van der Waals surface area contributed by atoms with E-state index < -0.39 is 24.0 Å². The van der Waals surface area contributed by atoms with Crippen LogP contribution in [-0.4, -0.2) is 17.0 Å². The monoisotopic (exact) mass is 256 g/mol. The van der Waals surface area contributed by atoms with Gasteiger partial charge >= 0.3 is 11.9 Å². The highest BCUT2D eigenvalue weighted by Gasteiger charge is 2.41. The Morgan fingerprint density at radius 1 is 1.16 bits per heavy atom. The molecule has 0 aliphatic carbocycles. The van der Waals surface area contributed by atoms with Crippen molar-refractivity contribution in [1.29, 1.82) is 0 Å². The van der Waals surface area contributed by atoms with Crippen LogP contribution in [0.25, 0.3) is 10.8 Å². The SMILES string of the molecule is O=C1C[C@H](C(=O)O)[C@@H](c2cccc3ccccc23)O1. The molecule has 1 fully saturated rings. The average molecular weight is 256 g/mol. The van der Waals surface area contributed by atoms with Gasteiger partial charge in [-0.1, -0.05) is 42.5 Å². The molecular formula is C15H12O4. The second-order valence-electron chi connectivity index (χ2n) is 4.63. The molecule has 1 heterocycles. The number of fused-ring (bicyclic) bond motifs is 1. The van der Waals surface area contributed by atoms with Crippen LogP contribution in [0.5, 0.6) is 0 Å². The fourth-order valence-corrected chi connectivity index (χ4v) is 2.55. The van der Waals surface area contributed by atoms with Gasteiger partial charge in [0.05, 0.1) is 6.42 Å². The van der Waals surface area contributed by atoms with Crippen LogP contribution >= 0.6 is 0 Å². The van der Waals surface area contributed by atoms with Crippen LogP contribution in [0.4, 0.5) is 0 Å². The van der Waals surface area contributed by atoms with Crippen molar-refractivity contribution >= 4 is 22.7 Å². The third-order valence-corrected chi connectivity index (χ3v) is 3.46. The van der Waals surface area contributed by atoms with Gasteiger partial charge in [-0.3, -0.25) is 9.59 Å². The Labute approximate surface area is 109 Å². The Hall–Kier alpha value is -2.36. The van der Waals surface area contributed by atoms with Gasteiger partial charge in [-0.05, 0) is 10.8 Å². The molecule has 0 spiro atoms. The van der Waals surface area contributed by atoms with Crippen molar-refractivity contribution in [2.45, 2.75) is 12.5 Å². The molecule has 1 aliphatic heterocycles. The van der Waals surface area contributed by atoms with Gasteiger partial charge in [0.2, 0.25) is 0 Å². The topological polar surface area (TPSA) is 63.6 Å². The fraction of sp³-hybridized carbons (Fsp3) is 0.200. The van der Waals surface area contributed by atoms with Crippen molar-refractivity contribution in [3.8, 4) is 0 Å². The predicted octanol–water partition coefficient (Wildman–Crippen LogP) is 2.53. The summed E-state index contributed by atoms with van der Waals surface area (Å²) in [5, 5.41) is 11.1. The zero-order chi connectivity index (χ0) is 13.4. The highest BCUT2D eigenvalue weighted by atomic mass is 16.6. The molecule has 0 unspecified atom stereocenters. The number of cyclic esters (lactones) is 1. The second-order valence-corrected chi connectivity index (χ2v) is 4.63. The average Bonchev–Trinajstić information content (AvgIpc) is 2.80. The van der Waals surface area contributed by atoms with E-state index >= 15 is 0 Å². The maximum absolute atomic E-state index is 11.4. The van der Waals surface area contributed by atoms with Crippen LogP contribution in [-0.2, 0) is 14.3 Å². The number of carbonyl (C=O) groups excluding carboxylic acids is 1. The molecule has 4 nitrogen and oxygen atoms in total. The first-order valence-electron chi connectivity index (χ1n) is 6.07. The van der Waals surface area contributed by atoms with Crippen LogP contribution in [0.1, 0.15) is 18.1 Å². The molecule has 0 radical (unpaired) electrons. The third kappa shape index (κ3) is 1.95. The van der Waals surface area contributed by atoms with E-state index in [4.69, 9.17) is 4.74 Å². The van der Waals surface area contributed by atoms with Gasteiger partial charge in [0.15, 0.2) is 0 Å². The number of carboxylic acids is 1. The van der Waals surface area contributed by atoms with E-state index in [9.17, 15) is 14.7 Å². The summed E-state index contributed by atoms with van der Waals surface area (Å²) in [5.41, 5.74) is 0.761. The summed E-state index contributed by atoms with van der Waals surface area (Å²) in [5.74, 6) is -2.26. The van der Waals surface area contributed by atoms with Crippen LogP contribution in [0, 0.1) is 5.92 Å². The molecule has 1 N–H and O–H groups in total. The molecule has 0 amide bonds. The van der Waals surface area contributed by atoms with Gasteiger partial charge in [0.25, 0.3) is 0 Å². The number of aliphatic carboxylic acids is 1. The Bertz CT molecular complexity index is 657. The first-order chi connectivity index (χ1) is 9.16. The van der Waals surface area contributed by atoms with Gasteiger partial charge in [-0.25, -0.2) is 0 Å². The van der Waals surface area contributed by atoms with Gasteiger partial charge in [-0.2, -0.15) is 0 Å². The molecular weight excluding hydrogens is 244 g/mol. The summed E-state index contributed by atoms with van der Waals surface area (Å²) in [6, 6.07) is 13.3. The van der Waals surface area contributed by atoms with E-state index in [-0.39, 0.29) is 6.42 Å². The van der Waals surface area contributed by atoms with Crippen LogP contribution in [0.2, 0.25) is 0 Å². The van der Waals surface area contributed by atoms with Crippen LogP contribution in [0.15, 0.2) is 42.5 Å². The lowest BCUT2D eigenvalue weighted by molar-refractivity contribution is -0.144. The highest BCUT2D eigenvalue weighted by molar-refractivity contribution is 5.89. The number of hydrogen-bond acceptors (Lipinski definition) is 3. The summed E-state index contributed by atoms with van der Waals surface area (Å²) in [6.45, 7) is 0. The molecule has 0 saturated carbocycles. The Morgan fingerprint density at radius 3 is 2.68 bits per heavy atom. The van der Waals surface area contributed by atoms with E-state index in [1.54, 1.807) is 0 Å². The van der Waals surface area contributed by atoms with Crippen molar-refractivity contribution in [2.75, 3.05) is 0 Å². The van der Waals surface area contributed by atoms with Crippen LogP contribution in [0.3, 0.4) is 0 Å². The minimum absolute atomic E-state index is 0.0662. The first-order valence-corrected chi connectivity index (χ1v) is 6.07. The second kappa shape index (κ2) is 4.39. The lowest BCUT2D eigenvalue weighted by Gasteiger charge is -2.16. The zero-order valence-electron chi connectivity index (χ0n) is 10.1. The quantitative estimate of drug-likeness (QED) is 0.838. The molecule has 1 aliphatic rings. The summed E-state index contributed by atoms with van der Waals surface area (Å²) in [7, 11) is 0. The summed E-state index contributed by atoms with van der Waals surface area (Å²) in [6.07, 6.45) is -0.764. The largest absolute Gasteiger partial charge is 0.481 e. The van der Waals surface area contributed by atoms with Gasteiger partial charge in [0.1, 0.15) is 12.0 Å². The van der Waals surface area contributed by atoms with E-state index in [1.807, 2.05) is 42.5 Å². The van der Waals surface area contributed by atoms with Gasteiger partial charge < -0.3 is 9.84 Å².